The first-order chi connectivity index (χ1) is 30.6. The molecule has 0 radical (unpaired) electrons. The summed E-state index contributed by atoms with van der Waals surface area (Å²) >= 11 is 0. The van der Waals surface area contributed by atoms with Gasteiger partial charge in [0.25, 0.3) is 0 Å². The molecule has 67 heavy (non-hydrogen) atoms. The summed E-state index contributed by atoms with van der Waals surface area (Å²) in [6.45, 7) is 37.5. The number of nitrogens with zero attached hydrogens (tertiary/aromatic N) is 2. The van der Waals surface area contributed by atoms with Crippen LogP contribution in [0, 0.1) is 23.7 Å². The number of aliphatic hydroxyl groups is 2. The Hall–Kier alpha value is -1.11. The van der Waals surface area contributed by atoms with Gasteiger partial charge in [0.15, 0.2) is 29.2 Å². The predicted octanol–water partition coefficient (Wildman–Crippen LogP) is 7.73. The van der Waals surface area contributed by atoms with E-state index in [1.807, 2.05) is 62.6 Å². The van der Waals surface area contributed by atoms with Gasteiger partial charge in [-0.3, -0.25) is 4.79 Å². The van der Waals surface area contributed by atoms with Gasteiger partial charge in [0.2, 0.25) is 5.79 Å². The Morgan fingerprint density at radius 3 is 1.90 bits per heavy atom. The Kier molecular flexibility index (Phi) is 21.2. The number of cyclic esters (lactones) is 1. The predicted molar refractivity (Wildman–Crippen MR) is 265 cm³/mol. The van der Waals surface area contributed by atoms with Crippen LogP contribution in [0.15, 0.2) is 5.16 Å². The SMILES string of the molecule is CCOC(C)(C)ON=C1C(C)C[C@@](C)(OC)C(OC2OC(C)CC(N(C)C)C2O[Si](C)(C)C)C(C)C(OC2C[C@@](C)(OC)C(O[Si](C)(C)C)C(C)O2)C(C)C(=O)OC(CC)[C@@](C)(O)C(O)C1C. The highest BCUT2D eigenvalue weighted by Crippen LogP contribution is 2.43. The van der Waals surface area contributed by atoms with E-state index in [1.165, 1.54) is 6.92 Å². The van der Waals surface area contributed by atoms with Gasteiger partial charge in [-0.1, -0.05) is 32.9 Å². The zero-order chi connectivity index (χ0) is 51.4. The highest BCUT2D eigenvalue weighted by Gasteiger charge is 2.55. The standard InChI is InChI=1S/C49H96N2O14Si2/c1-24-36-49(13,54)41(52)31(5)38(50-65-46(9,10)57-25-2)29(3)27-47(11,55-16)42(62-45-40(63-66(18,19)20)35(51(14)15)26-30(4)58-45)32(6)39(33(7)44(53)60-36)61-37-28-48(12,56-17)43(34(8)59-37)64-67(21,22)23/h29-37,39-43,45,52,54H,24-28H2,1-23H3/t29?,30?,31?,32?,33?,34?,35?,36?,37?,39?,40?,41?,42?,43?,45?,47-,48-,49-/m1/s1. The average Bonchev–Trinajstić information content (AvgIpc) is 3.20. The van der Waals surface area contributed by atoms with Crippen molar-refractivity contribution in [2.45, 2.75) is 245 Å². The Morgan fingerprint density at radius 1 is 0.821 bits per heavy atom. The third kappa shape index (κ3) is 15.5. The smallest absolute Gasteiger partial charge is 0.311 e. The van der Waals surface area contributed by atoms with E-state index >= 15 is 0 Å². The molecule has 3 rings (SSSR count). The van der Waals surface area contributed by atoms with Crippen LogP contribution in [0.25, 0.3) is 0 Å². The normalized spacial score (nSPS) is 42.1. The molecule has 0 aromatic rings. The number of esters is 1. The van der Waals surface area contributed by atoms with Crippen LogP contribution < -0.4 is 0 Å². The highest BCUT2D eigenvalue weighted by atomic mass is 28.4. The monoisotopic (exact) mass is 993 g/mol. The topological polar surface area (TPSA) is 175 Å². The number of hydrogen-bond acceptors (Lipinski definition) is 16. The van der Waals surface area contributed by atoms with Crippen LogP contribution in [-0.4, -0.2) is 168 Å². The van der Waals surface area contributed by atoms with Gasteiger partial charge in [-0.25, -0.2) is 0 Å². The lowest BCUT2D eigenvalue weighted by Gasteiger charge is -2.51. The van der Waals surface area contributed by atoms with Crippen molar-refractivity contribution in [2.75, 3.05) is 34.9 Å². The molecule has 3 saturated heterocycles. The fourth-order valence-corrected chi connectivity index (χ4v) is 12.7. The van der Waals surface area contributed by atoms with Gasteiger partial charge < -0.3 is 66.7 Å². The average molecular weight is 993 g/mol. The van der Waals surface area contributed by atoms with E-state index < -0.39 is 118 Å². The third-order valence-corrected chi connectivity index (χ3v) is 16.0. The minimum absolute atomic E-state index is 0.0381. The van der Waals surface area contributed by atoms with E-state index in [0.717, 1.165) is 6.42 Å². The molecule has 0 aromatic heterocycles. The fraction of sp³-hybridized carbons (Fsp3) is 0.959. The fourth-order valence-electron chi connectivity index (χ4n) is 10.4. The number of ether oxygens (including phenoxy) is 8. The lowest BCUT2D eigenvalue weighted by molar-refractivity contribution is -0.316. The molecule has 3 aliphatic rings. The summed E-state index contributed by atoms with van der Waals surface area (Å²) in [4.78, 5) is 23.1. The zero-order valence-electron chi connectivity index (χ0n) is 45.9. The summed E-state index contributed by atoms with van der Waals surface area (Å²) in [7, 11) is 3.16. The van der Waals surface area contributed by atoms with Gasteiger partial charge in [-0.15, -0.1) is 0 Å². The molecule has 3 fully saturated rings. The molecule has 3 heterocycles. The first-order valence-electron chi connectivity index (χ1n) is 24.9. The molecule has 18 atom stereocenters. The van der Waals surface area contributed by atoms with Crippen molar-refractivity contribution in [3.05, 3.63) is 0 Å². The number of carbonyl (C=O) groups excluding carboxylic acids is 1. The molecular formula is C49H96N2O14Si2. The van der Waals surface area contributed by atoms with Crippen LogP contribution in [0.5, 0.6) is 0 Å². The molecule has 0 bridgehead atoms. The second-order valence-corrected chi connectivity index (χ2v) is 32.0. The van der Waals surface area contributed by atoms with Crippen LogP contribution >= 0.6 is 0 Å². The van der Waals surface area contributed by atoms with E-state index in [-0.39, 0.29) is 31.1 Å². The lowest BCUT2D eigenvalue weighted by atomic mass is 9.73. The lowest BCUT2D eigenvalue weighted by Crippen LogP contribution is -2.63. The minimum Gasteiger partial charge on any atom is -0.459 e. The zero-order valence-corrected chi connectivity index (χ0v) is 47.9. The van der Waals surface area contributed by atoms with Crippen LogP contribution in [0.3, 0.4) is 0 Å². The highest BCUT2D eigenvalue weighted by molar-refractivity contribution is 6.70. The number of aliphatic hydroxyl groups excluding tert-OH is 1. The van der Waals surface area contributed by atoms with E-state index in [0.29, 0.717) is 18.7 Å². The number of likely N-dealkylation sites (N-methyl/N-ethyl adjacent to an activating group) is 1. The van der Waals surface area contributed by atoms with E-state index in [1.54, 1.807) is 48.8 Å². The first kappa shape index (κ1) is 60.2. The molecule has 0 amide bonds. The number of oxime groups is 1. The molecular weight excluding hydrogens is 897 g/mol. The number of methoxy groups -OCH3 is 2. The van der Waals surface area contributed by atoms with Gasteiger partial charge >= 0.3 is 5.97 Å². The number of carbonyl (C=O) groups is 1. The Morgan fingerprint density at radius 2 is 1.39 bits per heavy atom. The van der Waals surface area contributed by atoms with E-state index in [2.05, 4.69) is 44.2 Å². The van der Waals surface area contributed by atoms with Crippen molar-refractivity contribution in [2.24, 2.45) is 28.8 Å². The van der Waals surface area contributed by atoms with Crippen molar-refractivity contribution < 1.29 is 66.6 Å². The summed E-state index contributed by atoms with van der Waals surface area (Å²) in [6.07, 6.45) is -5.99. The molecule has 0 aliphatic carbocycles. The molecule has 3 aliphatic heterocycles. The molecule has 0 saturated carbocycles. The van der Waals surface area contributed by atoms with Crippen LogP contribution in [-0.2, 0) is 56.4 Å². The Labute approximate surface area is 407 Å². The third-order valence-electron chi connectivity index (χ3n) is 14.1. The summed E-state index contributed by atoms with van der Waals surface area (Å²) in [5, 5.41) is 29.2. The van der Waals surface area contributed by atoms with Gasteiger partial charge in [-0.05, 0) is 121 Å². The second kappa shape index (κ2) is 23.6. The summed E-state index contributed by atoms with van der Waals surface area (Å²) in [5.74, 6) is -4.57. The maximum absolute atomic E-state index is 14.8. The molecule has 2 N–H and O–H groups in total. The number of rotatable bonds is 16. The van der Waals surface area contributed by atoms with E-state index in [4.69, 9.17) is 56.7 Å². The summed E-state index contributed by atoms with van der Waals surface area (Å²) < 4.78 is 66.8. The van der Waals surface area contributed by atoms with Gasteiger partial charge in [-0.2, -0.15) is 0 Å². The van der Waals surface area contributed by atoms with Crippen LogP contribution in [0.2, 0.25) is 39.3 Å². The second-order valence-electron chi connectivity index (χ2n) is 23.1. The summed E-state index contributed by atoms with van der Waals surface area (Å²) in [5.41, 5.74) is -3.43. The van der Waals surface area contributed by atoms with Crippen molar-refractivity contribution in [3.63, 3.8) is 0 Å². The molecule has 18 heteroatoms. The largest absolute Gasteiger partial charge is 0.459 e. The van der Waals surface area contributed by atoms with E-state index in [9.17, 15) is 15.0 Å². The van der Waals surface area contributed by atoms with Gasteiger partial charge in [0.1, 0.15) is 17.8 Å². The Bertz CT molecular complexity index is 1590. The van der Waals surface area contributed by atoms with Gasteiger partial charge in [0.05, 0.1) is 59.5 Å². The molecule has 15 unspecified atom stereocenters. The maximum Gasteiger partial charge on any atom is 0.311 e. The summed E-state index contributed by atoms with van der Waals surface area (Å²) in [6, 6.07) is -0.0381. The molecule has 16 nitrogen and oxygen atoms in total. The van der Waals surface area contributed by atoms with Crippen molar-refractivity contribution >= 4 is 28.3 Å². The van der Waals surface area contributed by atoms with Gasteiger partial charge in [0, 0.05) is 64.9 Å². The van der Waals surface area contributed by atoms with Crippen molar-refractivity contribution in [3.8, 4) is 0 Å². The molecule has 0 spiro atoms. The Balaban J connectivity index is 2.39. The maximum atomic E-state index is 14.8. The number of hydrogen-bond donors (Lipinski definition) is 2. The van der Waals surface area contributed by atoms with Crippen molar-refractivity contribution in [1.29, 1.82) is 0 Å². The molecule has 0 aromatic carbocycles. The van der Waals surface area contributed by atoms with Crippen LogP contribution in [0.4, 0.5) is 0 Å². The first-order valence-corrected chi connectivity index (χ1v) is 31.7. The minimum atomic E-state index is -2.20. The van der Waals surface area contributed by atoms with Crippen molar-refractivity contribution in [1.82, 2.24) is 4.90 Å². The van der Waals surface area contributed by atoms with Crippen LogP contribution in [0.1, 0.15) is 116 Å². The quantitative estimate of drug-likeness (QED) is 0.0665. The molecule has 394 valence electrons.